The third kappa shape index (κ3) is 7.98. The molecule has 8 heteroatoms. The highest BCUT2D eigenvalue weighted by Crippen LogP contribution is 1.94. The van der Waals surface area contributed by atoms with Gasteiger partial charge in [0.05, 0.1) is 26.4 Å². The van der Waals surface area contributed by atoms with Crippen LogP contribution < -0.4 is 10.9 Å². The number of hydrazine groups is 1. The highest BCUT2D eigenvalue weighted by atomic mass is 16.5. The fourth-order valence-electron chi connectivity index (χ4n) is 1.27. The first-order valence-corrected chi connectivity index (χ1v) is 6.37. The van der Waals surface area contributed by atoms with Crippen molar-refractivity contribution in [1.82, 2.24) is 15.8 Å². The Morgan fingerprint density at radius 1 is 1.05 bits per heavy atom. The number of carbonyl (C=O) groups excluding carboxylic acids is 2. The molecule has 1 aromatic rings. The molecule has 0 bridgehead atoms. The van der Waals surface area contributed by atoms with E-state index in [4.69, 9.17) is 14.2 Å². The summed E-state index contributed by atoms with van der Waals surface area (Å²) in [7, 11) is 1.59. The topological polar surface area (TPSA) is 98.8 Å². The second-order valence-electron chi connectivity index (χ2n) is 3.90. The van der Waals surface area contributed by atoms with Crippen molar-refractivity contribution in [1.29, 1.82) is 0 Å². The minimum atomic E-state index is -0.450. The molecule has 0 saturated carbocycles. The molecule has 2 N–H and O–H groups in total. The van der Waals surface area contributed by atoms with E-state index in [9.17, 15) is 9.59 Å². The molecular weight excluding hydrogens is 278 g/mol. The highest BCUT2D eigenvalue weighted by molar-refractivity contribution is 5.95. The van der Waals surface area contributed by atoms with Crippen LogP contribution >= 0.6 is 0 Å². The number of amides is 2. The Hall–Kier alpha value is -2.03. The Kier molecular flexibility index (Phi) is 8.69. The number of nitrogens with zero attached hydrogens (tertiary/aromatic N) is 1. The molecule has 116 valence electrons. The Morgan fingerprint density at radius 2 is 1.71 bits per heavy atom. The van der Waals surface area contributed by atoms with Gasteiger partial charge in [-0.15, -0.1) is 0 Å². The first kappa shape index (κ1) is 17.0. The number of carbonyl (C=O) groups is 2. The second kappa shape index (κ2) is 10.7. The molecule has 2 amide bonds. The van der Waals surface area contributed by atoms with Crippen LogP contribution in [0.2, 0.25) is 0 Å². The van der Waals surface area contributed by atoms with Crippen LogP contribution in [0.25, 0.3) is 0 Å². The van der Waals surface area contributed by atoms with Crippen molar-refractivity contribution >= 4 is 11.8 Å². The lowest BCUT2D eigenvalue weighted by Gasteiger charge is -2.08. The maximum Gasteiger partial charge on any atom is 0.269 e. The van der Waals surface area contributed by atoms with Crippen molar-refractivity contribution in [2.45, 2.75) is 0 Å². The Balaban J connectivity index is 2.05. The van der Waals surface area contributed by atoms with Crippen LogP contribution in [-0.2, 0) is 19.0 Å². The lowest BCUT2D eigenvalue weighted by atomic mass is 10.3. The van der Waals surface area contributed by atoms with Crippen molar-refractivity contribution in [3.05, 3.63) is 30.1 Å². The van der Waals surface area contributed by atoms with Crippen LogP contribution in [0.4, 0.5) is 0 Å². The predicted octanol–water partition coefficient (Wildman–Crippen LogP) is -0.478. The summed E-state index contributed by atoms with van der Waals surface area (Å²) in [5.41, 5.74) is 4.92. The van der Waals surface area contributed by atoms with Gasteiger partial charge in [-0.3, -0.25) is 25.4 Å². The molecule has 1 rings (SSSR count). The molecule has 0 aliphatic carbocycles. The Morgan fingerprint density at radius 3 is 2.43 bits per heavy atom. The van der Waals surface area contributed by atoms with Crippen LogP contribution in [0.3, 0.4) is 0 Å². The molecule has 0 aliphatic heterocycles. The smallest absolute Gasteiger partial charge is 0.269 e. The summed E-state index contributed by atoms with van der Waals surface area (Å²) in [6.07, 6.45) is 2.98. The number of hydrogen-bond donors (Lipinski definition) is 2. The SMILES string of the molecule is COCCOCCOCC(=O)NNC(=O)c1ccncc1. The van der Waals surface area contributed by atoms with E-state index in [1.165, 1.54) is 24.5 Å². The van der Waals surface area contributed by atoms with Crippen molar-refractivity contribution in [2.75, 3.05) is 40.1 Å². The number of pyridine rings is 1. The molecule has 8 nitrogen and oxygen atoms in total. The quantitative estimate of drug-likeness (QED) is 0.472. The Labute approximate surface area is 122 Å². The molecule has 0 radical (unpaired) electrons. The number of methoxy groups -OCH3 is 1. The monoisotopic (exact) mass is 297 g/mol. The first-order valence-electron chi connectivity index (χ1n) is 6.37. The molecule has 0 fully saturated rings. The Bertz CT molecular complexity index is 427. The minimum Gasteiger partial charge on any atom is -0.382 e. The number of rotatable bonds is 9. The van der Waals surface area contributed by atoms with E-state index in [-0.39, 0.29) is 13.2 Å². The van der Waals surface area contributed by atoms with Gasteiger partial charge in [-0.05, 0) is 12.1 Å². The summed E-state index contributed by atoms with van der Waals surface area (Å²) >= 11 is 0. The number of aromatic nitrogens is 1. The molecular formula is C13H19N3O5. The van der Waals surface area contributed by atoms with Crippen LogP contribution in [0, 0.1) is 0 Å². The largest absolute Gasteiger partial charge is 0.382 e. The second-order valence-corrected chi connectivity index (χ2v) is 3.90. The van der Waals surface area contributed by atoms with Gasteiger partial charge in [0.2, 0.25) is 0 Å². The fraction of sp³-hybridized carbons (Fsp3) is 0.462. The lowest BCUT2D eigenvalue weighted by Crippen LogP contribution is -2.43. The van der Waals surface area contributed by atoms with Gasteiger partial charge in [0, 0.05) is 25.1 Å². The summed E-state index contributed by atoms with van der Waals surface area (Å²) in [5, 5.41) is 0. The summed E-state index contributed by atoms with van der Waals surface area (Å²) < 4.78 is 15.0. The van der Waals surface area contributed by atoms with Gasteiger partial charge in [0.15, 0.2) is 0 Å². The van der Waals surface area contributed by atoms with Crippen molar-refractivity contribution in [3.8, 4) is 0 Å². The van der Waals surface area contributed by atoms with Crippen molar-refractivity contribution in [3.63, 3.8) is 0 Å². The third-order valence-corrected chi connectivity index (χ3v) is 2.29. The zero-order chi connectivity index (χ0) is 15.3. The molecule has 1 heterocycles. The summed E-state index contributed by atoms with van der Waals surface area (Å²) in [6.45, 7) is 1.50. The van der Waals surface area contributed by atoms with Crippen molar-refractivity contribution < 1.29 is 23.8 Å². The van der Waals surface area contributed by atoms with E-state index < -0.39 is 11.8 Å². The first-order chi connectivity index (χ1) is 10.2. The van der Waals surface area contributed by atoms with E-state index in [1.54, 1.807) is 7.11 Å². The number of hydrogen-bond acceptors (Lipinski definition) is 6. The van der Waals surface area contributed by atoms with Crippen molar-refractivity contribution in [2.24, 2.45) is 0 Å². The maximum atomic E-state index is 11.6. The van der Waals surface area contributed by atoms with Gasteiger partial charge in [0.1, 0.15) is 6.61 Å². The highest BCUT2D eigenvalue weighted by Gasteiger charge is 2.06. The van der Waals surface area contributed by atoms with Gasteiger partial charge < -0.3 is 14.2 Å². The van der Waals surface area contributed by atoms with E-state index >= 15 is 0 Å². The van der Waals surface area contributed by atoms with Crippen LogP contribution in [0.15, 0.2) is 24.5 Å². The van der Waals surface area contributed by atoms with E-state index in [0.29, 0.717) is 25.4 Å². The molecule has 21 heavy (non-hydrogen) atoms. The average Bonchev–Trinajstić information content (AvgIpc) is 2.52. The van der Waals surface area contributed by atoms with Gasteiger partial charge in [0.25, 0.3) is 11.8 Å². The zero-order valence-corrected chi connectivity index (χ0v) is 11.8. The summed E-state index contributed by atoms with van der Waals surface area (Å²) in [5.74, 6) is -0.872. The molecule has 0 spiro atoms. The predicted molar refractivity (Wildman–Crippen MR) is 73.4 cm³/mol. The molecule has 0 atom stereocenters. The summed E-state index contributed by atoms with van der Waals surface area (Å²) in [6, 6.07) is 3.07. The number of nitrogens with one attached hydrogen (secondary N) is 2. The van der Waals surface area contributed by atoms with Gasteiger partial charge in [-0.1, -0.05) is 0 Å². The zero-order valence-electron chi connectivity index (χ0n) is 11.8. The summed E-state index contributed by atoms with van der Waals surface area (Å²) in [4.78, 5) is 26.8. The fourth-order valence-corrected chi connectivity index (χ4v) is 1.27. The molecule has 0 saturated heterocycles. The van der Waals surface area contributed by atoms with E-state index in [0.717, 1.165) is 0 Å². The van der Waals surface area contributed by atoms with Gasteiger partial charge >= 0.3 is 0 Å². The van der Waals surface area contributed by atoms with Gasteiger partial charge in [-0.25, -0.2) is 0 Å². The van der Waals surface area contributed by atoms with E-state index in [2.05, 4.69) is 15.8 Å². The van der Waals surface area contributed by atoms with Crippen LogP contribution in [0.5, 0.6) is 0 Å². The van der Waals surface area contributed by atoms with E-state index in [1.807, 2.05) is 0 Å². The van der Waals surface area contributed by atoms with Gasteiger partial charge in [-0.2, -0.15) is 0 Å². The van der Waals surface area contributed by atoms with Crippen LogP contribution in [-0.4, -0.2) is 56.9 Å². The molecule has 1 aromatic heterocycles. The lowest BCUT2D eigenvalue weighted by molar-refractivity contribution is -0.127. The maximum absolute atomic E-state index is 11.6. The number of ether oxygens (including phenoxy) is 3. The minimum absolute atomic E-state index is 0.162. The molecule has 0 aromatic carbocycles. The molecule has 0 aliphatic rings. The normalized spacial score (nSPS) is 10.1. The van der Waals surface area contributed by atoms with Crippen LogP contribution in [0.1, 0.15) is 10.4 Å². The standard InChI is InChI=1S/C13H19N3O5/c1-19-6-7-20-8-9-21-10-12(17)15-16-13(18)11-2-4-14-5-3-11/h2-5H,6-10H2,1H3,(H,15,17)(H,16,18). The molecule has 0 unspecified atom stereocenters. The average molecular weight is 297 g/mol. The third-order valence-electron chi connectivity index (χ3n) is 2.29.